The molecule has 0 aliphatic carbocycles. The van der Waals surface area contributed by atoms with Crippen LogP contribution in [-0.4, -0.2) is 36.3 Å². The van der Waals surface area contributed by atoms with Crippen LogP contribution < -0.4 is 10.2 Å². The number of anilines is 2. The first-order valence-corrected chi connectivity index (χ1v) is 10.5. The Balaban J connectivity index is 1.37. The number of nitrogens with zero attached hydrogens (tertiary/aromatic N) is 2. The van der Waals surface area contributed by atoms with Crippen LogP contribution in [0.3, 0.4) is 0 Å². The van der Waals surface area contributed by atoms with E-state index in [1.165, 1.54) is 12.8 Å². The number of hydrogen-bond donors (Lipinski definition) is 1. The summed E-state index contributed by atoms with van der Waals surface area (Å²) in [6.45, 7) is 7.92. The van der Waals surface area contributed by atoms with Crippen molar-refractivity contribution in [3.63, 3.8) is 0 Å². The van der Waals surface area contributed by atoms with Crippen molar-refractivity contribution in [3.8, 4) is 0 Å². The Labute approximate surface area is 171 Å². The summed E-state index contributed by atoms with van der Waals surface area (Å²) in [6.07, 6.45) is 3.93. The smallest absolute Gasteiger partial charge is 0.291 e. The molecule has 1 aromatic carbocycles. The standard InChI is InChI=1S/C23H29N3O3/c1-16-9-12-25(13-10-16)15-19-6-8-21(29-19)23(28)24-18-5-7-20(17(2)14-18)26-11-3-4-22(26)27/h5-8,14,16H,3-4,9-13,15H2,1-2H3,(H,24,28). The van der Waals surface area contributed by atoms with Crippen LogP contribution in [0.1, 0.15) is 54.5 Å². The number of aryl methyl sites for hydroxylation is 1. The molecule has 0 atom stereocenters. The fourth-order valence-electron chi connectivity index (χ4n) is 4.16. The number of nitrogens with one attached hydrogen (secondary N) is 1. The molecule has 2 fully saturated rings. The third-order valence-corrected chi connectivity index (χ3v) is 5.96. The maximum Gasteiger partial charge on any atom is 0.291 e. The zero-order chi connectivity index (χ0) is 20.4. The zero-order valence-corrected chi connectivity index (χ0v) is 17.2. The number of carbonyl (C=O) groups excluding carboxylic acids is 2. The van der Waals surface area contributed by atoms with Gasteiger partial charge in [-0.05, 0) is 81.1 Å². The number of amides is 2. The van der Waals surface area contributed by atoms with Gasteiger partial charge in [-0.1, -0.05) is 6.92 Å². The molecule has 2 aromatic rings. The Morgan fingerprint density at radius 1 is 1.17 bits per heavy atom. The summed E-state index contributed by atoms with van der Waals surface area (Å²) in [5.41, 5.74) is 2.59. The highest BCUT2D eigenvalue weighted by molar-refractivity contribution is 6.02. The molecular weight excluding hydrogens is 366 g/mol. The van der Waals surface area contributed by atoms with E-state index in [1.54, 1.807) is 6.07 Å². The van der Waals surface area contributed by atoms with Crippen LogP contribution in [0.4, 0.5) is 11.4 Å². The topological polar surface area (TPSA) is 65.8 Å². The van der Waals surface area contributed by atoms with E-state index in [1.807, 2.05) is 36.1 Å². The Morgan fingerprint density at radius 2 is 1.97 bits per heavy atom. The molecule has 6 heteroatoms. The number of hydrogen-bond acceptors (Lipinski definition) is 4. The van der Waals surface area contributed by atoms with Gasteiger partial charge in [-0.3, -0.25) is 14.5 Å². The van der Waals surface area contributed by atoms with Crippen LogP contribution >= 0.6 is 0 Å². The minimum Gasteiger partial charge on any atom is -0.455 e. The number of likely N-dealkylation sites (tertiary alicyclic amines) is 1. The van der Waals surface area contributed by atoms with Gasteiger partial charge in [0, 0.05) is 24.3 Å². The molecule has 0 unspecified atom stereocenters. The third kappa shape index (κ3) is 4.53. The summed E-state index contributed by atoms with van der Waals surface area (Å²) in [5.74, 6) is 1.84. The maximum absolute atomic E-state index is 12.6. The molecule has 2 amide bonds. The molecule has 3 heterocycles. The molecule has 6 nitrogen and oxygen atoms in total. The maximum atomic E-state index is 12.6. The van der Waals surface area contributed by atoms with Gasteiger partial charge in [0.15, 0.2) is 5.76 Å². The average Bonchev–Trinajstić information content (AvgIpc) is 3.33. The van der Waals surface area contributed by atoms with Gasteiger partial charge in [0.1, 0.15) is 5.76 Å². The zero-order valence-electron chi connectivity index (χ0n) is 17.2. The van der Waals surface area contributed by atoms with E-state index in [0.29, 0.717) is 17.9 Å². The van der Waals surface area contributed by atoms with Crippen molar-refractivity contribution in [2.75, 3.05) is 29.9 Å². The van der Waals surface area contributed by atoms with E-state index in [-0.39, 0.29) is 11.8 Å². The normalized spacial score (nSPS) is 18.4. The fraction of sp³-hybridized carbons (Fsp3) is 0.478. The molecule has 0 spiro atoms. The Bertz CT molecular complexity index is 897. The Hall–Kier alpha value is -2.60. The minimum absolute atomic E-state index is 0.163. The second-order valence-electron chi connectivity index (χ2n) is 8.33. The van der Waals surface area contributed by atoms with Crippen LogP contribution in [0.15, 0.2) is 34.7 Å². The van der Waals surface area contributed by atoms with Crippen molar-refractivity contribution < 1.29 is 14.0 Å². The second kappa shape index (κ2) is 8.41. The fourth-order valence-corrected chi connectivity index (χ4v) is 4.16. The van der Waals surface area contributed by atoms with E-state index in [4.69, 9.17) is 4.42 Å². The molecule has 154 valence electrons. The van der Waals surface area contributed by atoms with Crippen LogP contribution in [-0.2, 0) is 11.3 Å². The van der Waals surface area contributed by atoms with Gasteiger partial charge in [-0.15, -0.1) is 0 Å². The lowest BCUT2D eigenvalue weighted by Gasteiger charge is -2.29. The number of rotatable bonds is 5. The highest BCUT2D eigenvalue weighted by atomic mass is 16.4. The van der Waals surface area contributed by atoms with Gasteiger partial charge in [0.05, 0.1) is 6.54 Å². The molecule has 4 rings (SSSR count). The number of furan rings is 1. The largest absolute Gasteiger partial charge is 0.455 e. The first-order chi connectivity index (χ1) is 14.0. The van der Waals surface area contributed by atoms with Crippen molar-refractivity contribution >= 4 is 23.2 Å². The van der Waals surface area contributed by atoms with Gasteiger partial charge < -0.3 is 14.6 Å². The van der Waals surface area contributed by atoms with Crippen molar-refractivity contribution in [2.45, 2.75) is 46.1 Å². The van der Waals surface area contributed by atoms with Crippen molar-refractivity contribution in [1.29, 1.82) is 0 Å². The molecule has 2 saturated heterocycles. The highest BCUT2D eigenvalue weighted by Gasteiger charge is 2.23. The van der Waals surface area contributed by atoms with Gasteiger partial charge in [0.2, 0.25) is 5.91 Å². The molecule has 29 heavy (non-hydrogen) atoms. The summed E-state index contributed by atoms with van der Waals surface area (Å²) in [6, 6.07) is 9.27. The summed E-state index contributed by atoms with van der Waals surface area (Å²) >= 11 is 0. The quantitative estimate of drug-likeness (QED) is 0.824. The lowest BCUT2D eigenvalue weighted by Crippen LogP contribution is -2.32. The number of piperidine rings is 1. The molecule has 2 aliphatic rings. The number of carbonyl (C=O) groups is 2. The molecule has 2 aliphatic heterocycles. The van der Waals surface area contributed by atoms with Gasteiger partial charge in [-0.25, -0.2) is 0 Å². The lowest BCUT2D eigenvalue weighted by molar-refractivity contribution is -0.117. The van der Waals surface area contributed by atoms with Gasteiger partial charge >= 0.3 is 0 Å². The highest BCUT2D eigenvalue weighted by Crippen LogP contribution is 2.28. The molecule has 1 N–H and O–H groups in total. The summed E-state index contributed by atoms with van der Waals surface area (Å²) in [5, 5.41) is 2.90. The average molecular weight is 396 g/mol. The Kier molecular flexibility index (Phi) is 5.72. The summed E-state index contributed by atoms with van der Waals surface area (Å²) in [4.78, 5) is 28.8. The van der Waals surface area contributed by atoms with Crippen LogP contribution in [0.5, 0.6) is 0 Å². The molecular formula is C23H29N3O3. The van der Waals surface area contributed by atoms with Crippen molar-refractivity contribution in [3.05, 3.63) is 47.4 Å². The number of benzene rings is 1. The van der Waals surface area contributed by atoms with Crippen molar-refractivity contribution in [2.24, 2.45) is 5.92 Å². The summed E-state index contributed by atoms with van der Waals surface area (Å²) < 4.78 is 5.79. The van der Waals surface area contributed by atoms with Crippen molar-refractivity contribution in [1.82, 2.24) is 4.90 Å². The predicted octanol–water partition coefficient (Wildman–Crippen LogP) is 4.20. The molecule has 0 bridgehead atoms. The van der Waals surface area contributed by atoms with Crippen LogP contribution in [0.2, 0.25) is 0 Å². The summed E-state index contributed by atoms with van der Waals surface area (Å²) in [7, 11) is 0. The first-order valence-electron chi connectivity index (χ1n) is 10.5. The predicted molar refractivity (Wildman–Crippen MR) is 113 cm³/mol. The van der Waals surface area contributed by atoms with E-state index >= 15 is 0 Å². The molecule has 0 saturated carbocycles. The Morgan fingerprint density at radius 3 is 2.66 bits per heavy atom. The van der Waals surface area contributed by atoms with Crippen LogP contribution in [0.25, 0.3) is 0 Å². The first kappa shape index (κ1) is 19.7. The lowest BCUT2D eigenvalue weighted by atomic mass is 9.99. The van der Waals surface area contributed by atoms with Gasteiger partial charge in [0.25, 0.3) is 5.91 Å². The van der Waals surface area contributed by atoms with E-state index in [9.17, 15) is 9.59 Å². The SMILES string of the molecule is Cc1cc(NC(=O)c2ccc(CN3CCC(C)CC3)o2)ccc1N1CCCC1=O. The second-order valence-corrected chi connectivity index (χ2v) is 8.33. The van der Waals surface area contributed by atoms with E-state index in [2.05, 4.69) is 17.1 Å². The van der Waals surface area contributed by atoms with Gasteiger partial charge in [-0.2, -0.15) is 0 Å². The molecule has 1 aromatic heterocycles. The third-order valence-electron chi connectivity index (χ3n) is 5.96. The van der Waals surface area contributed by atoms with E-state index < -0.39 is 0 Å². The van der Waals surface area contributed by atoms with Crippen LogP contribution in [0, 0.1) is 12.8 Å². The molecule has 0 radical (unpaired) electrons. The monoisotopic (exact) mass is 395 g/mol. The minimum atomic E-state index is -0.257. The van der Waals surface area contributed by atoms with E-state index in [0.717, 1.165) is 55.5 Å².